The Hall–Kier alpha value is -3.78. The number of amides is 1. The zero-order valence-electron chi connectivity index (χ0n) is 21.7. The molecule has 0 saturated heterocycles. The zero-order chi connectivity index (χ0) is 26.1. The van der Waals surface area contributed by atoms with Crippen LogP contribution in [0.1, 0.15) is 41.4 Å². The Morgan fingerprint density at radius 1 is 1.14 bits per heavy atom. The third-order valence-electron chi connectivity index (χ3n) is 7.29. The van der Waals surface area contributed by atoms with Crippen LogP contribution in [0.5, 0.6) is 5.75 Å². The summed E-state index contributed by atoms with van der Waals surface area (Å²) in [6.07, 6.45) is 5.42. The second kappa shape index (κ2) is 10.3. The van der Waals surface area contributed by atoms with Gasteiger partial charge >= 0.3 is 0 Å². The van der Waals surface area contributed by atoms with Gasteiger partial charge in [0.2, 0.25) is 0 Å². The molecule has 7 nitrogen and oxygen atoms in total. The zero-order valence-corrected chi connectivity index (χ0v) is 21.7. The van der Waals surface area contributed by atoms with Crippen molar-refractivity contribution in [1.29, 1.82) is 0 Å². The lowest BCUT2D eigenvalue weighted by molar-refractivity contribution is 0.0343. The summed E-state index contributed by atoms with van der Waals surface area (Å²) < 4.78 is 19.8. The molecule has 2 aromatic heterocycles. The molecule has 1 saturated carbocycles. The Morgan fingerprint density at radius 3 is 2.68 bits per heavy atom. The number of aromatic amines is 1. The quantitative estimate of drug-likeness (QED) is 0.359. The second-order valence-electron chi connectivity index (χ2n) is 9.86. The van der Waals surface area contributed by atoms with Crippen LogP contribution >= 0.6 is 0 Å². The molecule has 0 unspecified atom stereocenters. The molecule has 2 aromatic carbocycles. The maximum absolute atomic E-state index is 14.0. The van der Waals surface area contributed by atoms with Gasteiger partial charge in [0.1, 0.15) is 11.6 Å². The predicted molar refractivity (Wildman–Crippen MR) is 142 cm³/mol. The molecule has 0 aliphatic heterocycles. The molecular weight excluding hydrogens is 469 g/mol. The summed E-state index contributed by atoms with van der Waals surface area (Å²) in [5.41, 5.74) is 4.74. The van der Waals surface area contributed by atoms with E-state index in [-0.39, 0.29) is 17.8 Å². The van der Waals surface area contributed by atoms with Crippen molar-refractivity contribution in [2.45, 2.75) is 45.3 Å². The average molecular weight is 502 g/mol. The number of H-pyrrole nitrogens is 1. The molecule has 192 valence electrons. The third kappa shape index (κ3) is 4.93. The second-order valence-corrected chi connectivity index (χ2v) is 9.86. The van der Waals surface area contributed by atoms with Gasteiger partial charge in [-0.15, -0.1) is 0 Å². The number of halogens is 1. The highest BCUT2D eigenvalue weighted by molar-refractivity contribution is 5.96. The minimum absolute atomic E-state index is 0.0674. The smallest absolute Gasteiger partial charge is 0.254 e. The molecule has 2 heterocycles. The van der Waals surface area contributed by atoms with Gasteiger partial charge in [0.25, 0.3) is 5.91 Å². The van der Waals surface area contributed by atoms with Crippen LogP contribution in [0.2, 0.25) is 0 Å². The first-order valence-electron chi connectivity index (χ1n) is 12.6. The van der Waals surface area contributed by atoms with Gasteiger partial charge < -0.3 is 14.5 Å². The number of fused-ring (bicyclic) bond motifs is 1. The van der Waals surface area contributed by atoms with E-state index in [2.05, 4.69) is 34.2 Å². The van der Waals surface area contributed by atoms with Crippen LogP contribution in [0.25, 0.3) is 22.0 Å². The fourth-order valence-electron chi connectivity index (χ4n) is 5.01. The van der Waals surface area contributed by atoms with Crippen molar-refractivity contribution >= 4 is 16.8 Å². The molecule has 1 N–H and O–H groups in total. The standard InChI is InChI=1S/C29H32FN5O2/c1-5-37-27-12-20(9-10-25(27)19-7-6-8-22(30)11-19)29(36)35(24-13-23(14-24)34(3)4)17-21-15-31-18(2)26-16-32-33-28(21)26/h6-12,15-16,23-24H,5,13-14,17H2,1-4H3,(H,32,33). The van der Waals surface area contributed by atoms with E-state index in [0.717, 1.165) is 40.6 Å². The van der Waals surface area contributed by atoms with Crippen molar-refractivity contribution < 1.29 is 13.9 Å². The average Bonchev–Trinajstić information content (AvgIpc) is 3.35. The van der Waals surface area contributed by atoms with Crippen molar-refractivity contribution in [3.8, 4) is 16.9 Å². The summed E-state index contributed by atoms with van der Waals surface area (Å²) in [4.78, 5) is 22.7. The van der Waals surface area contributed by atoms with E-state index in [1.807, 2.05) is 37.1 Å². The summed E-state index contributed by atoms with van der Waals surface area (Å²) in [5.74, 6) is 0.178. The van der Waals surface area contributed by atoms with Crippen molar-refractivity contribution in [2.75, 3.05) is 20.7 Å². The highest BCUT2D eigenvalue weighted by atomic mass is 19.1. The van der Waals surface area contributed by atoms with Crippen molar-refractivity contribution in [1.82, 2.24) is 25.0 Å². The Balaban J connectivity index is 1.50. The molecule has 1 aliphatic rings. The molecule has 1 aliphatic carbocycles. The number of pyridine rings is 1. The number of aryl methyl sites for hydroxylation is 1. The number of hydrogen-bond acceptors (Lipinski definition) is 5. The van der Waals surface area contributed by atoms with E-state index in [1.165, 1.54) is 12.1 Å². The van der Waals surface area contributed by atoms with Crippen LogP contribution in [0.4, 0.5) is 4.39 Å². The molecule has 0 spiro atoms. The normalized spacial score (nSPS) is 17.1. The van der Waals surface area contributed by atoms with E-state index in [0.29, 0.717) is 36.1 Å². The molecular formula is C29H32FN5O2. The van der Waals surface area contributed by atoms with E-state index < -0.39 is 0 Å². The third-order valence-corrected chi connectivity index (χ3v) is 7.29. The molecule has 5 rings (SSSR count). The molecule has 0 radical (unpaired) electrons. The summed E-state index contributed by atoms with van der Waals surface area (Å²) in [6.45, 7) is 4.70. The summed E-state index contributed by atoms with van der Waals surface area (Å²) in [7, 11) is 4.15. The van der Waals surface area contributed by atoms with Gasteiger partial charge in [-0.3, -0.25) is 14.9 Å². The molecule has 8 heteroatoms. The number of carbonyl (C=O) groups excluding carboxylic acids is 1. The van der Waals surface area contributed by atoms with E-state index in [4.69, 9.17) is 4.74 Å². The van der Waals surface area contributed by atoms with Crippen LogP contribution in [0.15, 0.2) is 54.9 Å². The van der Waals surface area contributed by atoms with Crippen LogP contribution in [0.3, 0.4) is 0 Å². The maximum Gasteiger partial charge on any atom is 0.254 e. The van der Waals surface area contributed by atoms with Gasteiger partial charge in [-0.1, -0.05) is 12.1 Å². The molecule has 0 atom stereocenters. The number of aromatic nitrogens is 3. The summed E-state index contributed by atoms with van der Waals surface area (Å²) in [5, 5.41) is 8.25. The lowest BCUT2D eigenvalue weighted by Crippen LogP contribution is -2.53. The number of hydrogen-bond donors (Lipinski definition) is 1. The van der Waals surface area contributed by atoms with E-state index in [9.17, 15) is 9.18 Å². The predicted octanol–water partition coefficient (Wildman–Crippen LogP) is 5.21. The lowest BCUT2D eigenvalue weighted by Gasteiger charge is -2.45. The van der Waals surface area contributed by atoms with Crippen LogP contribution < -0.4 is 4.74 Å². The number of rotatable bonds is 8. The maximum atomic E-state index is 14.0. The van der Waals surface area contributed by atoms with Crippen molar-refractivity contribution in [3.63, 3.8) is 0 Å². The summed E-state index contributed by atoms with van der Waals surface area (Å²) >= 11 is 0. The van der Waals surface area contributed by atoms with Gasteiger partial charge in [0, 0.05) is 52.6 Å². The van der Waals surface area contributed by atoms with Gasteiger partial charge in [-0.25, -0.2) is 4.39 Å². The highest BCUT2D eigenvalue weighted by Gasteiger charge is 2.38. The fourth-order valence-corrected chi connectivity index (χ4v) is 5.01. The number of nitrogens with zero attached hydrogens (tertiary/aromatic N) is 4. The number of benzene rings is 2. The Morgan fingerprint density at radius 2 is 1.95 bits per heavy atom. The van der Waals surface area contributed by atoms with Gasteiger partial charge in [0.15, 0.2) is 0 Å². The topological polar surface area (TPSA) is 74.3 Å². The lowest BCUT2D eigenvalue weighted by atomic mass is 9.84. The number of ether oxygens (including phenoxy) is 1. The molecule has 1 amide bonds. The molecule has 37 heavy (non-hydrogen) atoms. The summed E-state index contributed by atoms with van der Waals surface area (Å²) in [6, 6.07) is 12.4. The first-order chi connectivity index (χ1) is 17.9. The van der Waals surface area contributed by atoms with Gasteiger partial charge in [0.05, 0.1) is 18.3 Å². The number of carbonyl (C=O) groups is 1. The first kappa shape index (κ1) is 24.9. The molecule has 1 fully saturated rings. The van der Waals surface area contributed by atoms with Crippen LogP contribution in [-0.2, 0) is 6.54 Å². The van der Waals surface area contributed by atoms with Gasteiger partial charge in [-0.2, -0.15) is 5.10 Å². The Kier molecular flexibility index (Phi) is 6.93. The minimum atomic E-state index is -0.316. The van der Waals surface area contributed by atoms with Crippen molar-refractivity contribution in [2.24, 2.45) is 0 Å². The Labute approximate surface area is 216 Å². The first-order valence-corrected chi connectivity index (χ1v) is 12.6. The SMILES string of the molecule is CCOc1cc(C(=O)N(Cc2cnc(C)c3cn[nH]c23)C2CC(N(C)C)C2)ccc1-c1cccc(F)c1. The van der Waals surface area contributed by atoms with Gasteiger partial charge in [-0.05, 0) is 76.7 Å². The van der Waals surface area contributed by atoms with Crippen molar-refractivity contribution in [3.05, 3.63) is 77.5 Å². The van der Waals surface area contributed by atoms with E-state index in [1.54, 1.807) is 24.4 Å². The monoisotopic (exact) mass is 501 g/mol. The van der Waals surface area contributed by atoms with Crippen LogP contribution in [0, 0.1) is 12.7 Å². The molecule has 4 aromatic rings. The van der Waals surface area contributed by atoms with E-state index >= 15 is 0 Å². The van der Waals surface area contributed by atoms with Crippen LogP contribution in [-0.4, -0.2) is 63.7 Å². The molecule has 0 bridgehead atoms. The Bertz CT molecular complexity index is 1430. The number of nitrogens with one attached hydrogen (secondary N) is 1. The highest BCUT2D eigenvalue weighted by Crippen LogP contribution is 2.35. The fraction of sp³-hybridized carbons (Fsp3) is 0.345. The minimum Gasteiger partial charge on any atom is -0.493 e. The largest absolute Gasteiger partial charge is 0.493 e.